The lowest BCUT2D eigenvalue weighted by Gasteiger charge is -2.24. The van der Waals surface area contributed by atoms with Gasteiger partial charge in [-0.2, -0.15) is 0 Å². The van der Waals surface area contributed by atoms with Crippen molar-refractivity contribution in [1.29, 1.82) is 0 Å². The number of benzene rings is 2. The summed E-state index contributed by atoms with van der Waals surface area (Å²) in [5.74, 6) is -1.08. The van der Waals surface area contributed by atoms with Crippen molar-refractivity contribution in [2.24, 2.45) is 0 Å². The van der Waals surface area contributed by atoms with Gasteiger partial charge in [0.2, 0.25) is 0 Å². The van der Waals surface area contributed by atoms with Gasteiger partial charge in [0.05, 0.1) is 13.1 Å². The molecule has 0 radical (unpaired) electrons. The number of alkyl halides is 1. The molecular weight excluding hydrogens is 348 g/mol. The van der Waals surface area contributed by atoms with Gasteiger partial charge in [0.1, 0.15) is 5.82 Å². The summed E-state index contributed by atoms with van der Waals surface area (Å²) >= 11 is 5.79. The number of anilines is 1. The first-order valence-corrected chi connectivity index (χ1v) is 8.41. The highest BCUT2D eigenvalue weighted by Gasteiger charge is 2.51. The molecule has 6 heteroatoms. The molecule has 3 rings (SSSR count). The molecule has 0 spiro atoms. The van der Waals surface area contributed by atoms with E-state index in [0.29, 0.717) is 5.56 Å². The van der Waals surface area contributed by atoms with Crippen molar-refractivity contribution >= 4 is 23.1 Å². The van der Waals surface area contributed by atoms with Crippen LogP contribution in [-0.4, -0.2) is 35.8 Å². The smallest absolute Gasteiger partial charge is 0.173 e. The number of Topliss-reactive ketones (excluding diaryl/α,β-unsaturated/α-hetero) is 1. The number of halogens is 3. The van der Waals surface area contributed by atoms with E-state index in [0.717, 1.165) is 5.69 Å². The predicted molar refractivity (Wildman–Crippen MR) is 93.2 cm³/mol. The molecule has 3 nitrogen and oxygen atoms in total. The van der Waals surface area contributed by atoms with Crippen LogP contribution >= 0.6 is 11.6 Å². The second kappa shape index (κ2) is 7.10. The molecule has 0 saturated carbocycles. The minimum Gasteiger partial charge on any atom is -0.377 e. The Morgan fingerprint density at radius 1 is 1.28 bits per heavy atom. The molecule has 1 heterocycles. The van der Waals surface area contributed by atoms with E-state index < -0.39 is 23.4 Å². The lowest BCUT2D eigenvalue weighted by molar-refractivity contribution is -0.140. The molecule has 0 amide bonds. The Hall–Kier alpha value is -1.98. The molecule has 0 aliphatic carbocycles. The summed E-state index contributed by atoms with van der Waals surface area (Å²) in [5, 5.41) is 10.8. The van der Waals surface area contributed by atoms with Gasteiger partial charge < -0.3 is 10.0 Å². The number of para-hydroxylation sites is 1. The molecule has 1 N–H and O–H groups in total. The second-order valence-electron chi connectivity index (χ2n) is 6.31. The monoisotopic (exact) mass is 365 g/mol. The average Bonchev–Trinajstić information content (AvgIpc) is 2.89. The Morgan fingerprint density at radius 2 is 2.00 bits per heavy atom. The molecule has 2 unspecified atom stereocenters. The van der Waals surface area contributed by atoms with Crippen LogP contribution in [0.2, 0.25) is 5.02 Å². The van der Waals surface area contributed by atoms with Crippen LogP contribution in [0.5, 0.6) is 0 Å². The first-order chi connectivity index (χ1) is 11.9. The van der Waals surface area contributed by atoms with Gasteiger partial charge in [-0.1, -0.05) is 29.8 Å². The second-order valence-corrected chi connectivity index (χ2v) is 6.75. The van der Waals surface area contributed by atoms with Crippen molar-refractivity contribution in [3.63, 3.8) is 0 Å². The van der Waals surface area contributed by atoms with Crippen LogP contribution in [0.3, 0.4) is 0 Å². The quantitative estimate of drug-likeness (QED) is 0.880. The number of hydrogen-bond donors (Lipinski definition) is 1. The lowest BCUT2D eigenvalue weighted by Crippen LogP contribution is -2.47. The Balaban J connectivity index is 1.68. The van der Waals surface area contributed by atoms with E-state index in [1.165, 1.54) is 12.1 Å². The Labute approximate surface area is 149 Å². The maximum absolute atomic E-state index is 14.4. The van der Waals surface area contributed by atoms with E-state index in [9.17, 15) is 18.7 Å². The Morgan fingerprint density at radius 3 is 2.68 bits per heavy atom. The van der Waals surface area contributed by atoms with Crippen LogP contribution in [0, 0.1) is 5.82 Å². The van der Waals surface area contributed by atoms with Crippen molar-refractivity contribution in [3.8, 4) is 0 Å². The van der Waals surface area contributed by atoms with Gasteiger partial charge in [-0.25, -0.2) is 8.78 Å². The van der Waals surface area contributed by atoms with Gasteiger partial charge in [0.25, 0.3) is 0 Å². The SMILES string of the molecule is O=C(CCc1cc(F)cc(Cl)c1)C1(O)CN(c2ccccc2)CC1F. The standard InChI is InChI=1S/C19H18ClF2NO2/c20-14-8-13(9-15(21)10-14)6-7-18(24)19(25)12-23(11-17(19)22)16-4-2-1-3-5-16/h1-5,8-10,17,25H,6-7,11-12H2. The van der Waals surface area contributed by atoms with E-state index in [1.54, 1.807) is 23.1 Å². The molecule has 2 aromatic rings. The highest BCUT2D eigenvalue weighted by atomic mass is 35.5. The van der Waals surface area contributed by atoms with Crippen LogP contribution in [-0.2, 0) is 11.2 Å². The van der Waals surface area contributed by atoms with Gasteiger partial charge in [0.15, 0.2) is 17.6 Å². The number of nitrogens with zero attached hydrogens (tertiary/aromatic N) is 1. The molecule has 0 bridgehead atoms. The van der Waals surface area contributed by atoms with Crippen LogP contribution in [0.25, 0.3) is 0 Å². The molecule has 132 valence electrons. The van der Waals surface area contributed by atoms with Crippen LogP contribution < -0.4 is 4.90 Å². The third-order valence-electron chi connectivity index (χ3n) is 4.50. The zero-order valence-electron chi connectivity index (χ0n) is 13.5. The summed E-state index contributed by atoms with van der Waals surface area (Å²) in [7, 11) is 0. The maximum Gasteiger partial charge on any atom is 0.173 e. The molecule has 1 saturated heterocycles. The fraction of sp³-hybridized carbons (Fsp3) is 0.316. The summed E-state index contributed by atoms with van der Waals surface area (Å²) in [4.78, 5) is 14.1. The molecule has 1 aliphatic heterocycles. The average molecular weight is 366 g/mol. The highest BCUT2D eigenvalue weighted by molar-refractivity contribution is 6.30. The maximum atomic E-state index is 14.4. The fourth-order valence-corrected chi connectivity index (χ4v) is 3.37. The molecule has 25 heavy (non-hydrogen) atoms. The lowest BCUT2D eigenvalue weighted by atomic mass is 9.91. The summed E-state index contributed by atoms with van der Waals surface area (Å²) in [6.07, 6.45) is -1.56. The Bertz CT molecular complexity index is 751. The number of carbonyl (C=O) groups excluding carboxylic acids is 1. The van der Waals surface area contributed by atoms with Gasteiger partial charge in [-0.05, 0) is 42.3 Å². The Kier molecular flexibility index (Phi) is 5.06. The van der Waals surface area contributed by atoms with Crippen molar-refractivity contribution in [2.45, 2.75) is 24.6 Å². The van der Waals surface area contributed by atoms with Crippen molar-refractivity contribution in [2.75, 3.05) is 18.0 Å². The van der Waals surface area contributed by atoms with E-state index >= 15 is 0 Å². The number of rotatable bonds is 5. The summed E-state index contributed by atoms with van der Waals surface area (Å²) in [6, 6.07) is 13.1. The normalized spacial score (nSPS) is 23.0. The number of carbonyl (C=O) groups is 1. The van der Waals surface area contributed by atoms with Crippen molar-refractivity contribution < 1.29 is 18.7 Å². The van der Waals surface area contributed by atoms with Gasteiger partial charge in [-0.3, -0.25) is 4.79 Å². The number of β-amino-alcohol motifs (C(OH)–C–C–N with tert-alkyl or cyclic N) is 1. The predicted octanol–water partition coefficient (Wildman–Crippen LogP) is 3.57. The third-order valence-corrected chi connectivity index (χ3v) is 4.72. The first-order valence-electron chi connectivity index (χ1n) is 8.03. The minimum absolute atomic E-state index is 0.0436. The van der Waals surface area contributed by atoms with Gasteiger partial charge in [-0.15, -0.1) is 0 Å². The van der Waals surface area contributed by atoms with Crippen LogP contribution in [0.15, 0.2) is 48.5 Å². The zero-order chi connectivity index (χ0) is 18.0. The molecule has 2 aromatic carbocycles. The van der Waals surface area contributed by atoms with Gasteiger partial charge >= 0.3 is 0 Å². The highest BCUT2D eigenvalue weighted by Crippen LogP contribution is 2.31. The van der Waals surface area contributed by atoms with E-state index in [-0.39, 0.29) is 31.0 Å². The van der Waals surface area contributed by atoms with E-state index in [1.807, 2.05) is 18.2 Å². The minimum atomic E-state index is -2.05. The topological polar surface area (TPSA) is 40.5 Å². The van der Waals surface area contributed by atoms with Crippen molar-refractivity contribution in [1.82, 2.24) is 0 Å². The molecule has 1 fully saturated rings. The van der Waals surface area contributed by atoms with Crippen molar-refractivity contribution in [3.05, 3.63) is 64.9 Å². The molecule has 1 aliphatic rings. The number of aryl methyl sites for hydroxylation is 1. The summed E-state index contributed by atoms with van der Waals surface area (Å²) in [6.45, 7) is -0.140. The number of hydrogen-bond acceptors (Lipinski definition) is 3. The fourth-order valence-electron chi connectivity index (χ4n) is 3.13. The first kappa shape index (κ1) is 17.8. The number of aliphatic hydroxyl groups is 1. The van der Waals surface area contributed by atoms with Crippen LogP contribution in [0.1, 0.15) is 12.0 Å². The largest absolute Gasteiger partial charge is 0.377 e. The third kappa shape index (κ3) is 3.83. The zero-order valence-corrected chi connectivity index (χ0v) is 14.2. The number of ketones is 1. The van der Waals surface area contributed by atoms with Gasteiger partial charge in [0, 0.05) is 17.1 Å². The van der Waals surface area contributed by atoms with Crippen LogP contribution in [0.4, 0.5) is 14.5 Å². The summed E-state index contributed by atoms with van der Waals surface area (Å²) < 4.78 is 27.8. The molecule has 2 atom stereocenters. The molecule has 0 aromatic heterocycles. The summed E-state index contributed by atoms with van der Waals surface area (Å²) in [5.41, 5.74) is -0.756. The molecular formula is C19H18ClF2NO2. The van der Waals surface area contributed by atoms with E-state index in [4.69, 9.17) is 11.6 Å². The van der Waals surface area contributed by atoms with E-state index in [2.05, 4.69) is 0 Å².